The number of hydrogen-bond donors (Lipinski definition) is 4. The molecule has 5 rings (SSSR count). The molecule has 5 aromatic rings. The van der Waals surface area contributed by atoms with Crippen LogP contribution in [0.25, 0.3) is 21.8 Å². The van der Waals surface area contributed by atoms with Crippen LogP contribution < -0.4 is 10.6 Å². The molecule has 0 aliphatic carbocycles. The van der Waals surface area contributed by atoms with E-state index in [0.717, 1.165) is 38.7 Å². The van der Waals surface area contributed by atoms with E-state index in [1.165, 1.54) is 12.1 Å². The zero-order chi connectivity index (χ0) is 25.4. The first-order valence-electron chi connectivity index (χ1n) is 10.9. The topological polar surface area (TPSA) is 94.2 Å². The number of amides is 1. The molecule has 9 heteroatoms. The van der Waals surface area contributed by atoms with Crippen molar-refractivity contribution >= 4 is 79.9 Å². The van der Waals surface area contributed by atoms with E-state index >= 15 is 0 Å². The Morgan fingerprint density at radius 3 is 2.33 bits per heavy atom. The minimum absolute atomic E-state index is 0.0598. The Morgan fingerprint density at radius 1 is 0.806 bits per heavy atom. The fourth-order valence-corrected chi connectivity index (χ4v) is 4.61. The summed E-state index contributed by atoms with van der Waals surface area (Å²) in [6.07, 6.45) is 0. The second kappa shape index (κ2) is 9.74. The van der Waals surface area contributed by atoms with Gasteiger partial charge in [-0.1, -0.05) is 46.9 Å². The van der Waals surface area contributed by atoms with Crippen molar-refractivity contribution < 1.29 is 14.7 Å². The van der Waals surface area contributed by atoms with Crippen molar-refractivity contribution in [1.29, 1.82) is 0 Å². The van der Waals surface area contributed by atoms with E-state index in [-0.39, 0.29) is 17.7 Å². The van der Waals surface area contributed by atoms with E-state index in [9.17, 15) is 14.7 Å². The average Bonchev–Trinajstić information content (AvgIpc) is 3.22. The van der Waals surface area contributed by atoms with Crippen LogP contribution >= 0.6 is 34.8 Å². The minimum atomic E-state index is -1.16. The van der Waals surface area contributed by atoms with Gasteiger partial charge < -0.3 is 20.7 Å². The molecular formula is C27H18Cl3N3O3. The number of benzene rings is 4. The summed E-state index contributed by atoms with van der Waals surface area (Å²) in [5.74, 6) is -1.65. The van der Waals surface area contributed by atoms with E-state index in [1.807, 2.05) is 30.3 Å². The molecule has 0 fully saturated rings. The van der Waals surface area contributed by atoms with Gasteiger partial charge in [-0.2, -0.15) is 0 Å². The van der Waals surface area contributed by atoms with Crippen LogP contribution in [0.1, 0.15) is 26.3 Å². The summed E-state index contributed by atoms with van der Waals surface area (Å²) >= 11 is 18.5. The lowest BCUT2D eigenvalue weighted by Crippen LogP contribution is -2.25. The second-order valence-electron chi connectivity index (χ2n) is 8.16. The quantitative estimate of drug-likeness (QED) is 0.179. The fraction of sp³-hybridized carbons (Fsp3) is 0.0370. The number of anilines is 2. The van der Waals surface area contributed by atoms with Crippen LogP contribution in [0.4, 0.5) is 11.4 Å². The Bertz CT molecular complexity index is 1660. The van der Waals surface area contributed by atoms with Gasteiger partial charge >= 0.3 is 5.97 Å². The lowest BCUT2D eigenvalue weighted by molar-refractivity contribution is 0.0691. The predicted molar refractivity (Wildman–Crippen MR) is 145 cm³/mol. The highest BCUT2D eigenvalue weighted by atomic mass is 35.5. The van der Waals surface area contributed by atoms with Crippen LogP contribution in [0.5, 0.6) is 0 Å². The maximum Gasteiger partial charge on any atom is 0.336 e. The van der Waals surface area contributed by atoms with Crippen LogP contribution in [0.15, 0.2) is 72.8 Å². The van der Waals surface area contributed by atoms with E-state index in [1.54, 1.807) is 30.3 Å². The summed E-state index contributed by atoms with van der Waals surface area (Å²) in [4.78, 5) is 27.8. The van der Waals surface area contributed by atoms with Gasteiger partial charge in [0.25, 0.3) is 5.91 Å². The van der Waals surface area contributed by atoms with Crippen LogP contribution in [-0.4, -0.2) is 22.0 Å². The SMILES string of the molecule is O=C(O)c1ccccc1C(=O)NCc1cc(Nc2ccc(Cl)c(Cl)c2)cc2c1[nH]c1ccc(Cl)cc12. The maximum absolute atomic E-state index is 12.9. The molecule has 0 saturated heterocycles. The first-order valence-corrected chi connectivity index (χ1v) is 12.0. The fourth-order valence-electron chi connectivity index (χ4n) is 4.14. The van der Waals surface area contributed by atoms with Crippen molar-refractivity contribution in [2.75, 3.05) is 5.32 Å². The number of fused-ring (bicyclic) bond motifs is 3. The van der Waals surface area contributed by atoms with Gasteiger partial charge in [0.15, 0.2) is 0 Å². The number of aromatic nitrogens is 1. The molecule has 1 heterocycles. The Kier molecular flexibility index (Phi) is 6.49. The number of hydrogen-bond acceptors (Lipinski definition) is 3. The molecule has 4 aromatic carbocycles. The van der Waals surface area contributed by atoms with E-state index in [2.05, 4.69) is 15.6 Å². The lowest BCUT2D eigenvalue weighted by Gasteiger charge is -2.13. The summed E-state index contributed by atoms with van der Waals surface area (Å²) in [6, 6.07) is 20.8. The van der Waals surface area contributed by atoms with Crippen molar-refractivity contribution in [2.45, 2.75) is 6.54 Å². The molecule has 0 aliphatic rings. The van der Waals surface area contributed by atoms with Crippen molar-refractivity contribution in [3.05, 3.63) is 105 Å². The van der Waals surface area contributed by atoms with Gasteiger partial charge in [0.1, 0.15) is 0 Å². The van der Waals surface area contributed by atoms with Gasteiger partial charge in [-0.3, -0.25) is 4.79 Å². The Hall–Kier alpha value is -3.71. The monoisotopic (exact) mass is 537 g/mol. The van der Waals surface area contributed by atoms with Gasteiger partial charge in [0.05, 0.1) is 26.7 Å². The third kappa shape index (κ3) is 4.71. The Labute approximate surface area is 220 Å². The highest BCUT2D eigenvalue weighted by Gasteiger charge is 2.17. The van der Waals surface area contributed by atoms with Crippen molar-refractivity contribution in [3.63, 3.8) is 0 Å². The van der Waals surface area contributed by atoms with Crippen molar-refractivity contribution in [3.8, 4) is 0 Å². The van der Waals surface area contributed by atoms with E-state index in [0.29, 0.717) is 15.1 Å². The summed E-state index contributed by atoms with van der Waals surface area (Å²) < 4.78 is 0. The normalized spacial score (nSPS) is 11.1. The van der Waals surface area contributed by atoms with E-state index < -0.39 is 11.9 Å². The number of halogens is 3. The second-order valence-corrected chi connectivity index (χ2v) is 9.41. The number of nitrogens with one attached hydrogen (secondary N) is 3. The van der Waals surface area contributed by atoms with Crippen molar-refractivity contribution in [2.24, 2.45) is 0 Å². The molecule has 0 unspecified atom stereocenters. The minimum Gasteiger partial charge on any atom is -0.478 e. The van der Waals surface area contributed by atoms with E-state index in [4.69, 9.17) is 34.8 Å². The van der Waals surface area contributed by atoms with Gasteiger partial charge in [-0.05, 0) is 66.2 Å². The standard InChI is InChI=1S/C27H18Cl3N3O3/c28-15-5-8-24-20(10-15)21-11-17(32-16-6-7-22(29)23(30)12-16)9-14(25(21)33-24)13-31-26(34)18-3-1-2-4-19(18)27(35)36/h1-12,32-33H,13H2,(H,31,34)(H,35,36). The lowest BCUT2D eigenvalue weighted by atomic mass is 10.1. The first kappa shape index (κ1) is 24.0. The molecule has 0 aliphatic heterocycles. The number of carbonyl (C=O) groups excluding carboxylic acids is 1. The summed E-state index contributed by atoms with van der Waals surface area (Å²) in [7, 11) is 0. The third-order valence-corrected chi connectivity index (χ3v) is 6.78. The van der Waals surface area contributed by atoms with Crippen LogP contribution in [0.2, 0.25) is 15.1 Å². The van der Waals surface area contributed by atoms with Gasteiger partial charge in [0.2, 0.25) is 0 Å². The molecule has 6 nitrogen and oxygen atoms in total. The zero-order valence-electron chi connectivity index (χ0n) is 18.5. The number of carboxylic acids is 1. The Morgan fingerprint density at radius 2 is 1.58 bits per heavy atom. The average molecular weight is 539 g/mol. The highest BCUT2D eigenvalue weighted by molar-refractivity contribution is 6.42. The molecule has 0 radical (unpaired) electrons. The van der Waals surface area contributed by atoms with Crippen LogP contribution in [-0.2, 0) is 6.54 Å². The molecule has 0 saturated carbocycles. The number of H-pyrrole nitrogens is 1. The molecule has 0 atom stereocenters. The largest absolute Gasteiger partial charge is 0.478 e. The zero-order valence-corrected chi connectivity index (χ0v) is 20.8. The van der Waals surface area contributed by atoms with Crippen LogP contribution in [0.3, 0.4) is 0 Å². The molecule has 180 valence electrons. The smallest absolute Gasteiger partial charge is 0.336 e. The number of carboxylic acid groups (broad SMARTS) is 1. The first-order chi connectivity index (χ1) is 17.3. The van der Waals surface area contributed by atoms with Crippen molar-refractivity contribution in [1.82, 2.24) is 10.3 Å². The summed E-state index contributed by atoms with van der Waals surface area (Å²) in [6.45, 7) is 0.154. The molecule has 1 aromatic heterocycles. The number of aromatic amines is 1. The highest BCUT2D eigenvalue weighted by Crippen LogP contribution is 2.34. The van der Waals surface area contributed by atoms with Gasteiger partial charge in [0, 0.05) is 39.2 Å². The molecule has 0 spiro atoms. The number of carbonyl (C=O) groups is 2. The Balaban J connectivity index is 1.55. The molecule has 1 amide bonds. The predicted octanol–water partition coefficient (Wildman–Crippen LogP) is 7.65. The third-order valence-electron chi connectivity index (χ3n) is 5.80. The molecular weight excluding hydrogens is 521 g/mol. The maximum atomic E-state index is 12.9. The number of aromatic carboxylic acids is 1. The number of rotatable bonds is 6. The molecule has 4 N–H and O–H groups in total. The molecule has 0 bridgehead atoms. The van der Waals surface area contributed by atoms with Crippen LogP contribution in [0, 0.1) is 0 Å². The van der Waals surface area contributed by atoms with Gasteiger partial charge in [-0.25, -0.2) is 4.79 Å². The summed E-state index contributed by atoms with van der Waals surface area (Å²) in [5, 5.41) is 18.9. The summed E-state index contributed by atoms with van der Waals surface area (Å²) in [5.41, 5.74) is 4.06. The van der Waals surface area contributed by atoms with Gasteiger partial charge in [-0.15, -0.1) is 0 Å². The molecule has 36 heavy (non-hydrogen) atoms.